The minimum atomic E-state index is 0.604. The lowest BCUT2D eigenvalue weighted by Gasteiger charge is -2.32. The zero-order valence-corrected chi connectivity index (χ0v) is 35.8. The molecule has 8 bridgehead atoms. The van der Waals surface area contributed by atoms with E-state index in [0.717, 1.165) is 104 Å². The van der Waals surface area contributed by atoms with Crippen LogP contribution in [0, 0.1) is 0 Å². The smallest absolute Gasteiger partial charge is 0.164 e. The van der Waals surface area contributed by atoms with Crippen molar-refractivity contribution in [2.75, 3.05) is 64.9 Å². The monoisotopic (exact) mass is 806 g/mol. The van der Waals surface area contributed by atoms with Gasteiger partial charge in [0.15, 0.2) is 23.3 Å². The molecule has 0 radical (unpaired) electrons. The zero-order chi connectivity index (χ0) is 40.0. The Morgan fingerprint density at radius 1 is 0.431 bits per heavy atom. The molecule has 10 nitrogen and oxygen atoms in total. The second-order valence-corrected chi connectivity index (χ2v) is 18.0. The molecule has 0 saturated heterocycles. The molecule has 58 heavy (non-hydrogen) atoms. The van der Waals surface area contributed by atoms with Crippen molar-refractivity contribution >= 4 is 67.7 Å². The van der Waals surface area contributed by atoms with E-state index in [0.29, 0.717) is 45.9 Å². The van der Waals surface area contributed by atoms with Crippen LogP contribution < -0.4 is 0 Å². The van der Waals surface area contributed by atoms with E-state index in [1.54, 1.807) is 0 Å². The quantitative estimate of drug-likeness (QED) is 0.0928. The number of thioether (sulfide) groups is 2. The van der Waals surface area contributed by atoms with Crippen molar-refractivity contribution in [3.8, 4) is 45.6 Å². The second kappa shape index (κ2) is 15.6. The predicted octanol–water partition coefficient (Wildman–Crippen LogP) is 10.0. The first kappa shape index (κ1) is 38.4. The van der Waals surface area contributed by atoms with E-state index in [2.05, 4.69) is 100 Å². The van der Waals surface area contributed by atoms with Crippen molar-refractivity contribution in [1.29, 1.82) is 0 Å². The third-order valence-electron chi connectivity index (χ3n) is 12.4. The lowest BCUT2D eigenvalue weighted by atomic mass is 10.1. The number of hydrogen-bond acceptors (Lipinski definition) is 8. The Labute approximate surface area is 347 Å². The van der Waals surface area contributed by atoms with Crippen LogP contribution >= 0.6 is 23.5 Å². The number of quaternary nitrogens is 2. The molecule has 5 heterocycles. The summed E-state index contributed by atoms with van der Waals surface area (Å²) in [4.78, 5) is 40.9. The van der Waals surface area contributed by atoms with Crippen LogP contribution in [0.3, 0.4) is 0 Å². The number of aromatic amines is 2. The summed E-state index contributed by atoms with van der Waals surface area (Å²) in [6, 6.07) is 29.2. The Balaban J connectivity index is 1.32. The van der Waals surface area contributed by atoms with Gasteiger partial charge in [0.1, 0.15) is 22.6 Å². The molecule has 2 aliphatic heterocycles. The van der Waals surface area contributed by atoms with Crippen LogP contribution in [-0.4, -0.2) is 114 Å². The summed E-state index contributed by atoms with van der Waals surface area (Å²) in [6.45, 7) is 15.8. The van der Waals surface area contributed by atoms with E-state index >= 15 is 0 Å². The molecule has 0 aliphatic carbocycles. The Bertz CT molecular complexity index is 2670. The van der Waals surface area contributed by atoms with Crippen LogP contribution in [0.15, 0.2) is 94.7 Å². The van der Waals surface area contributed by atoms with E-state index in [9.17, 15) is 0 Å². The normalized spacial score (nSPS) is 12.7. The van der Waals surface area contributed by atoms with Gasteiger partial charge in [-0.05, 0) is 39.8 Å². The van der Waals surface area contributed by atoms with Gasteiger partial charge >= 0.3 is 0 Å². The van der Waals surface area contributed by atoms with Gasteiger partial charge in [0, 0.05) is 65.1 Å². The number of hydrogen-bond donors (Lipinski definition) is 2. The largest absolute Gasteiger partial charge is 0.326 e. The maximum atomic E-state index is 5.33. The van der Waals surface area contributed by atoms with Crippen molar-refractivity contribution in [2.45, 2.75) is 37.5 Å². The van der Waals surface area contributed by atoms with Gasteiger partial charge in [0.2, 0.25) is 0 Å². The van der Waals surface area contributed by atoms with Crippen molar-refractivity contribution in [1.82, 2.24) is 39.9 Å². The molecule has 2 aliphatic rings. The lowest BCUT2D eigenvalue weighted by Crippen LogP contribution is -2.45. The van der Waals surface area contributed by atoms with Gasteiger partial charge in [-0.25, -0.2) is 29.9 Å². The number of H-pyrrole nitrogens is 2. The maximum Gasteiger partial charge on any atom is 0.164 e. The van der Waals surface area contributed by atoms with Gasteiger partial charge in [-0.15, -0.1) is 23.5 Å². The molecule has 0 saturated carbocycles. The Morgan fingerprint density at radius 2 is 0.741 bits per heavy atom. The number of nitrogens with zero attached hydrogens (tertiary/aromatic N) is 8. The van der Waals surface area contributed by atoms with Crippen molar-refractivity contribution < 1.29 is 8.97 Å². The molecule has 0 fully saturated rings. The third kappa shape index (κ3) is 7.06. The zero-order valence-electron chi connectivity index (χ0n) is 34.1. The Kier molecular flexibility index (Phi) is 10.3. The molecule has 0 unspecified atom stereocenters. The van der Waals surface area contributed by atoms with Crippen molar-refractivity contribution in [3.05, 3.63) is 84.9 Å². The van der Waals surface area contributed by atoms with Gasteiger partial charge in [-0.1, -0.05) is 72.8 Å². The lowest BCUT2D eigenvalue weighted by molar-refractivity contribution is -0.903. The second-order valence-electron chi connectivity index (χ2n) is 15.7. The SMILES string of the molecule is CC[N+](C)(CC)CCSc1cc2c3nc4nc(nc5[nH]c(nc6nc(nc([nH]3)c2cc1SCC[N+](C)(CC)CC)-c1ccccc1-6)c1ccccc51)-c1ccccc1-4. The fourth-order valence-electron chi connectivity index (χ4n) is 7.70. The molecular formula is C46H50N10S2+2. The highest BCUT2D eigenvalue weighted by atomic mass is 32.2. The van der Waals surface area contributed by atoms with Crippen LogP contribution in [0.5, 0.6) is 0 Å². The number of rotatable bonds is 12. The molecule has 7 aromatic rings. The Hall–Kier alpha value is -5.14. The van der Waals surface area contributed by atoms with E-state index in [4.69, 9.17) is 29.9 Å². The predicted molar refractivity (Wildman–Crippen MR) is 242 cm³/mol. The van der Waals surface area contributed by atoms with Crippen LogP contribution in [0.2, 0.25) is 0 Å². The molecule has 0 spiro atoms. The molecule has 2 N–H and O–H groups in total. The molecule has 0 atom stereocenters. The minimum absolute atomic E-state index is 0.604. The van der Waals surface area contributed by atoms with Crippen LogP contribution in [0.1, 0.15) is 27.7 Å². The highest BCUT2D eigenvalue weighted by molar-refractivity contribution is 8.02. The third-order valence-corrected chi connectivity index (χ3v) is 14.6. The minimum Gasteiger partial charge on any atom is -0.326 e. The molecule has 4 aromatic carbocycles. The van der Waals surface area contributed by atoms with E-state index < -0.39 is 0 Å². The summed E-state index contributed by atoms with van der Waals surface area (Å²) in [6.07, 6.45) is 0. The molecule has 3 aromatic heterocycles. The average Bonchev–Trinajstić information content (AvgIpc) is 3.99. The van der Waals surface area contributed by atoms with Crippen molar-refractivity contribution in [3.63, 3.8) is 0 Å². The van der Waals surface area contributed by atoms with Gasteiger partial charge in [0.05, 0.1) is 53.4 Å². The first-order valence-electron chi connectivity index (χ1n) is 20.4. The fourth-order valence-corrected chi connectivity index (χ4v) is 10.4. The summed E-state index contributed by atoms with van der Waals surface area (Å²) >= 11 is 3.90. The highest BCUT2D eigenvalue weighted by Crippen LogP contribution is 2.40. The molecule has 9 rings (SSSR count). The summed E-state index contributed by atoms with van der Waals surface area (Å²) in [5.41, 5.74) is 6.55. The molecule has 0 amide bonds. The number of nitrogens with one attached hydrogen (secondary N) is 2. The molecular weight excluding hydrogens is 757 g/mol. The van der Waals surface area contributed by atoms with Gasteiger partial charge in [-0.3, -0.25) is 0 Å². The van der Waals surface area contributed by atoms with Crippen LogP contribution in [-0.2, 0) is 0 Å². The number of benzene rings is 4. The van der Waals surface area contributed by atoms with Gasteiger partial charge in [0.25, 0.3) is 0 Å². The van der Waals surface area contributed by atoms with Crippen LogP contribution in [0.4, 0.5) is 0 Å². The topological polar surface area (TPSA) is 109 Å². The standard InChI is InChI=1S/C46H50N10S2/c1-7-55(5,8-2)23-25-57-37-27-35-36(28-38(37)58-26-24-56(6,9-3)10-4)46-53-44-34-22-16-14-20-32(34)42(51-44)49-40-30-18-12-11-17-29(30)39(47-40)48-41-31-19-13-15-21-33(31)43(50-41)52-45(35)54-46/h11-22,27-28H,7-10,23-26H2,1-6H3,(H2,47,48,49,50,51,52,53,54)/q+2. The molecule has 294 valence electrons. The maximum absolute atomic E-state index is 5.33. The number of aromatic nitrogens is 8. The molecule has 12 heteroatoms. The van der Waals surface area contributed by atoms with E-state index in [1.807, 2.05) is 59.9 Å². The van der Waals surface area contributed by atoms with Crippen molar-refractivity contribution in [2.24, 2.45) is 0 Å². The van der Waals surface area contributed by atoms with E-state index in [-0.39, 0.29) is 0 Å². The Morgan fingerprint density at radius 3 is 1.07 bits per heavy atom. The first-order chi connectivity index (χ1) is 28.2. The van der Waals surface area contributed by atoms with Gasteiger partial charge < -0.3 is 18.9 Å². The summed E-state index contributed by atoms with van der Waals surface area (Å²) in [7, 11) is 4.72. The van der Waals surface area contributed by atoms with Gasteiger partial charge in [-0.2, -0.15) is 0 Å². The van der Waals surface area contributed by atoms with Crippen LogP contribution in [0.25, 0.3) is 89.7 Å². The summed E-state index contributed by atoms with van der Waals surface area (Å²) in [5.74, 6) is 4.47. The summed E-state index contributed by atoms with van der Waals surface area (Å²) < 4.78 is 2.09. The van der Waals surface area contributed by atoms with E-state index in [1.165, 1.54) is 9.79 Å². The summed E-state index contributed by atoms with van der Waals surface area (Å²) in [5, 5.41) is 3.93. The fraction of sp³-hybridized carbons (Fsp3) is 0.304. The average molecular weight is 807 g/mol. The highest BCUT2D eigenvalue weighted by Gasteiger charge is 2.24. The first-order valence-corrected chi connectivity index (χ1v) is 22.4. The number of fused-ring (bicyclic) bond motifs is 20.